The molecule has 5 nitrogen and oxygen atoms in total. The van der Waals surface area contributed by atoms with Gasteiger partial charge in [0.15, 0.2) is 0 Å². The fraction of sp³-hybridized carbons (Fsp3) is 0. The van der Waals surface area contributed by atoms with E-state index in [9.17, 15) is 19.6 Å². The fourth-order valence-electron chi connectivity index (χ4n) is 1.83. The highest BCUT2D eigenvalue weighted by Crippen LogP contribution is 2.28. The molecule has 2 rings (SSSR count). The molecular weight excluding hydrogens is 275 g/mol. The van der Waals surface area contributed by atoms with Gasteiger partial charge in [-0.2, -0.15) is 5.26 Å². The number of nitro groups is 1. The van der Waals surface area contributed by atoms with Crippen LogP contribution in [0.25, 0.3) is 11.6 Å². The predicted octanol–water partition coefficient (Wildman–Crippen LogP) is 3.50. The molecule has 0 heterocycles. The minimum Gasteiger partial charge on any atom is -0.508 e. The van der Waals surface area contributed by atoms with Gasteiger partial charge in [-0.25, -0.2) is 4.39 Å². The Balaban J connectivity index is 2.61. The van der Waals surface area contributed by atoms with E-state index in [2.05, 4.69) is 0 Å². The van der Waals surface area contributed by atoms with Crippen molar-refractivity contribution in [2.45, 2.75) is 0 Å². The highest BCUT2D eigenvalue weighted by atomic mass is 19.1. The number of phenolic OH excluding ortho intramolecular Hbond substituents is 1. The zero-order chi connectivity index (χ0) is 15.4. The normalized spacial score (nSPS) is 11.0. The Morgan fingerprint density at radius 1 is 1.33 bits per heavy atom. The summed E-state index contributed by atoms with van der Waals surface area (Å²) in [5, 5.41) is 29.5. The quantitative estimate of drug-likeness (QED) is 0.404. The van der Waals surface area contributed by atoms with E-state index in [-0.39, 0.29) is 28.1 Å². The SMILES string of the molecule is N#C/C(=C/c1cc(O)ccc1[N+](=O)[O-])c1ccccc1F. The lowest BCUT2D eigenvalue weighted by molar-refractivity contribution is -0.385. The maximum Gasteiger partial charge on any atom is 0.276 e. The number of halogens is 1. The van der Waals surface area contributed by atoms with Gasteiger partial charge in [0.2, 0.25) is 0 Å². The summed E-state index contributed by atoms with van der Waals surface area (Å²) in [5.74, 6) is -0.786. The van der Waals surface area contributed by atoms with Crippen LogP contribution < -0.4 is 0 Å². The molecule has 104 valence electrons. The van der Waals surface area contributed by atoms with Gasteiger partial charge in [0, 0.05) is 11.6 Å². The molecule has 0 aliphatic carbocycles. The van der Waals surface area contributed by atoms with Gasteiger partial charge in [0.25, 0.3) is 5.69 Å². The highest BCUT2D eigenvalue weighted by molar-refractivity contribution is 5.91. The lowest BCUT2D eigenvalue weighted by Crippen LogP contribution is -1.93. The topological polar surface area (TPSA) is 87.2 Å². The number of nitro benzene ring substituents is 1. The van der Waals surface area contributed by atoms with Crippen LogP contribution in [0, 0.1) is 27.3 Å². The number of nitriles is 1. The van der Waals surface area contributed by atoms with E-state index < -0.39 is 10.7 Å². The van der Waals surface area contributed by atoms with Crippen LogP contribution in [0.5, 0.6) is 5.75 Å². The van der Waals surface area contributed by atoms with Crippen LogP contribution in [0.1, 0.15) is 11.1 Å². The van der Waals surface area contributed by atoms with Crippen LogP contribution >= 0.6 is 0 Å². The molecule has 6 heteroatoms. The lowest BCUT2D eigenvalue weighted by Gasteiger charge is -2.03. The molecule has 0 saturated heterocycles. The van der Waals surface area contributed by atoms with Crippen molar-refractivity contribution in [1.29, 1.82) is 5.26 Å². The molecule has 0 unspecified atom stereocenters. The monoisotopic (exact) mass is 284 g/mol. The molecule has 0 aromatic heterocycles. The van der Waals surface area contributed by atoms with Gasteiger partial charge in [-0.3, -0.25) is 10.1 Å². The van der Waals surface area contributed by atoms with Gasteiger partial charge in [-0.15, -0.1) is 0 Å². The Bertz CT molecular complexity index is 779. The lowest BCUT2D eigenvalue weighted by atomic mass is 10.0. The van der Waals surface area contributed by atoms with Gasteiger partial charge in [-0.1, -0.05) is 18.2 Å². The molecule has 2 aromatic carbocycles. The molecule has 0 aliphatic rings. The predicted molar refractivity (Wildman–Crippen MR) is 74.6 cm³/mol. The highest BCUT2D eigenvalue weighted by Gasteiger charge is 2.15. The molecule has 21 heavy (non-hydrogen) atoms. The molecule has 0 atom stereocenters. The van der Waals surface area contributed by atoms with Crippen molar-refractivity contribution in [1.82, 2.24) is 0 Å². The van der Waals surface area contributed by atoms with Gasteiger partial charge in [0.1, 0.15) is 11.6 Å². The van der Waals surface area contributed by atoms with Crippen LogP contribution in [-0.4, -0.2) is 10.0 Å². The minimum absolute atomic E-state index is 0.0276. The first-order chi connectivity index (χ1) is 10.0. The number of hydrogen-bond donors (Lipinski definition) is 1. The van der Waals surface area contributed by atoms with Crippen LogP contribution in [-0.2, 0) is 0 Å². The summed E-state index contributed by atoms with van der Waals surface area (Å²) in [4.78, 5) is 10.3. The first-order valence-corrected chi connectivity index (χ1v) is 5.87. The molecule has 0 radical (unpaired) electrons. The van der Waals surface area contributed by atoms with E-state index in [0.717, 1.165) is 12.1 Å². The molecule has 0 spiro atoms. The number of benzene rings is 2. The number of allylic oxidation sites excluding steroid dienone is 1. The first kappa shape index (κ1) is 14.2. The van der Waals surface area contributed by atoms with Crippen LogP contribution in [0.15, 0.2) is 42.5 Å². The Kier molecular flexibility index (Phi) is 3.95. The van der Waals surface area contributed by atoms with Gasteiger partial charge in [-0.05, 0) is 24.3 Å². The maximum atomic E-state index is 13.7. The van der Waals surface area contributed by atoms with Gasteiger partial charge < -0.3 is 5.11 Å². The first-order valence-electron chi connectivity index (χ1n) is 5.87. The zero-order valence-electron chi connectivity index (χ0n) is 10.7. The summed E-state index contributed by atoms with van der Waals surface area (Å²) in [5.41, 5.74) is -0.281. The van der Waals surface area contributed by atoms with E-state index in [1.54, 1.807) is 6.07 Å². The Hall–Kier alpha value is -3.20. The minimum atomic E-state index is -0.637. The molecule has 0 saturated carbocycles. The summed E-state index contributed by atoms with van der Waals surface area (Å²) in [6.45, 7) is 0. The molecule has 0 aliphatic heterocycles. The summed E-state index contributed by atoms with van der Waals surface area (Å²) >= 11 is 0. The smallest absolute Gasteiger partial charge is 0.276 e. The summed E-state index contributed by atoms with van der Waals surface area (Å²) in [6.07, 6.45) is 1.18. The third-order valence-electron chi connectivity index (χ3n) is 2.79. The van der Waals surface area contributed by atoms with Crippen molar-refractivity contribution in [3.05, 3.63) is 69.5 Å². The second-order valence-electron chi connectivity index (χ2n) is 4.15. The molecule has 0 fully saturated rings. The number of phenols is 1. The van der Waals surface area contributed by atoms with Crippen LogP contribution in [0.4, 0.5) is 10.1 Å². The van der Waals surface area contributed by atoms with Crippen LogP contribution in [0.3, 0.4) is 0 Å². The van der Waals surface area contributed by atoms with E-state index in [0.29, 0.717) is 0 Å². The molecule has 2 aromatic rings. The summed E-state index contributed by atoms with van der Waals surface area (Å²) in [6, 6.07) is 10.9. The summed E-state index contributed by atoms with van der Waals surface area (Å²) in [7, 11) is 0. The van der Waals surface area contributed by atoms with Crippen molar-refractivity contribution < 1.29 is 14.4 Å². The number of aromatic hydroxyl groups is 1. The second-order valence-corrected chi connectivity index (χ2v) is 4.15. The van der Waals surface area contributed by atoms with E-state index in [4.69, 9.17) is 5.26 Å². The Morgan fingerprint density at radius 3 is 2.67 bits per heavy atom. The van der Waals surface area contributed by atoms with Crippen molar-refractivity contribution in [3.63, 3.8) is 0 Å². The average molecular weight is 284 g/mol. The van der Waals surface area contributed by atoms with Gasteiger partial charge in [0.05, 0.1) is 22.1 Å². The fourth-order valence-corrected chi connectivity index (χ4v) is 1.83. The number of rotatable bonds is 3. The molecule has 1 N–H and O–H groups in total. The van der Waals surface area contributed by atoms with E-state index in [1.807, 2.05) is 6.07 Å². The average Bonchev–Trinajstić information content (AvgIpc) is 2.45. The third-order valence-corrected chi connectivity index (χ3v) is 2.79. The van der Waals surface area contributed by atoms with Crippen molar-refractivity contribution in [3.8, 4) is 11.8 Å². The van der Waals surface area contributed by atoms with Crippen molar-refractivity contribution >= 4 is 17.3 Å². The number of hydrogen-bond acceptors (Lipinski definition) is 4. The van der Waals surface area contributed by atoms with Crippen molar-refractivity contribution in [2.75, 3.05) is 0 Å². The van der Waals surface area contributed by atoms with Crippen LogP contribution in [0.2, 0.25) is 0 Å². The zero-order valence-corrected chi connectivity index (χ0v) is 10.7. The summed E-state index contributed by atoms with van der Waals surface area (Å²) < 4.78 is 13.7. The Labute approximate surface area is 119 Å². The van der Waals surface area contributed by atoms with Gasteiger partial charge >= 0.3 is 0 Å². The maximum absolute atomic E-state index is 13.7. The standard InChI is InChI=1S/C15H9FN2O3/c16-14-4-2-1-3-13(14)11(9-17)7-10-8-12(19)5-6-15(10)18(20)21/h1-8,19H/b11-7-. The number of nitrogens with zero attached hydrogens (tertiary/aromatic N) is 2. The molecule has 0 bridgehead atoms. The van der Waals surface area contributed by atoms with E-state index in [1.165, 1.54) is 30.3 Å². The van der Waals surface area contributed by atoms with E-state index >= 15 is 0 Å². The van der Waals surface area contributed by atoms with Crippen molar-refractivity contribution in [2.24, 2.45) is 0 Å². The third kappa shape index (κ3) is 3.04. The largest absolute Gasteiger partial charge is 0.508 e. The molecule has 0 amide bonds. The Morgan fingerprint density at radius 2 is 2.05 bits per heavy atom. The second kappa shape index (κ2) is 5.84. The molecular formula is C15H9FN2O3.